The third-order valence-corrected chi connectivity index (χ3v) is 4.08. The molecular formula is C15H24N2O4S. The van der Waals surface area contributed by atoms with Crippen LogP contribution in [-0.4, -0.2) is 32.5 Å². The van der Waals surface area contributed by atoms with Crippen LogP contribution in [0.15, 0.2) is 29.2 Å². The maximum Gasteiger partial charge on any atom is 0.258 e. The van der Waals surface area contributed by atoms with Crippen LogP contribution in [-0.2, 0) is 14.8 Å². The van der Waals surface area contributed by atoms with Gasteiger partial charge in [0.2, 0.25) is 10.0 Å². The van der Waals surface area contributed by atoms with Gasteiger partial charge in [-0.25, -0.2) is 13.1 Å². The van der Waals surface area contributed by atoms with E-state index < -0.39 is 10.0 Å². The lowest BCUT2D eigenvalue weighted by molar-refractivity contribution is -0.124. The van der Waals surface area contributed by atoms with Crippen molar-refractivity contribution in [2.45, 2.75) is 51.1 Å². The zero-order valence-electron chi connectivity index (χ0n) is 13.6. The first-order valence-corrected chi connectivity index (χ1v) is 8.54. The minimum atomic E-state index is -3.52. The van der Waals surface area contributed by atoms with Crippen molar-refractivity contribution in [2.75, 3.05) is 6.61 Å². The molecule has 124 valence electrons. The molecule has 22 heavy (non-hydrogen) atoms. The number of hydrogen-bond donors (Lipinski definition) is 2. The first kappa shape index (κ1) is 18.4. The lowest BCUT2D eigenvalue weighted by Gasteiger charge is -2.20. The molecule has 1 aromatic carbocycles. The van der Waals surface area contributed by atoms with Gasteiger partial charge >= 0.3 is 0 Å². The summed E-state index contributed by atoms with van der Waals surface area (Å²) in [5, 5.41) is 2.78. The van der Waals surface area contributed by atoms with Gasteiger partial charge < -0.3 is 10.1 Å². The molecule has 0 radical (unpaired) electrons. The molecule has 0 saturated heterocycles. The molecule has 1 aromatic rings. The van der Waals surface area contributed by atoms with Gasteiger partial charge in [0.25, 0.3) is 5.91 Å². The number of amides is 1. The highest BCUT2D eigenvalue weighted by Gasteiger charge is 2.16. The second kappa shape index (κ2) is 7.11. The molecule has 1 amide bonds. The molecule has 0 saturated carbocycles. The molecule has 7 heteroatoms. The lowest BCUT2D eigenvalue weighted by atomic mass is 10.1. The van der Waals surface area contributed by atoms with Crippen LogP contribution in [0, 0.1) is 0 Å². The fourth-order valence-electron chi connectivity index (χ4n) is 1.70. The Bertz CT molecular complexity index is 601. The third-order valence-electron chi connectivity index (χ3n) is 2.41. The van der Waals surface area contributed by atoms with Crippen LogP contribution >= 0.6 is 0 Å². The minimum absolute atomic E-state index is 0.117. The van der Waals surface area contributed by atoms with E-state index >= 15 is 0 Å². The van der Waals surface area contributed by atoms with Crippen LogP contribution in [0.2, 0.25) is 0 Å². The van der Waals surface area contributed by atoms with Crippen molar-refractivity contribution in [3.8, 4) is 5.75 Å². The number of carbonyl (C=O) groups excluding carboxylic acids is 1. The summed E-state index contributed by atoms with van der Waals surface area (Å²) in [5.41, 5.74) is -0.319. The van der Waals surface area contributed by atoms with Gasteiger partial charge in [-0.2, -0.15) is 0 Å². The Morgan fingerprint density at radius 1 is 1.18 bits per heavy atom. The number of carbonyl (C=O) groups is 1. The summed E-state index contributed by atoms with van der Waals surface area (Å²) in [5.74, 6) is 0.207. The molecule has 0 atom stereocenters. The number of hydrogen-bond acceptors (Lipinski definition) is 4. The largest absolute Gasteiger partial charge is 0.484 e. The highest BCUT2D eigenvalue weighted by atomic mass is 32.2. The molecule has 0 heterocycles. The maximum atomic E-state index is 12.0. The quantitative estimate of drug-likeness (QED) is 0.832. The van der Waals surface area contributed by atoms with E-state index in [-0.39, 0.29) is 29.0 Å². The van der Waals surface area contributed by atoms with Crippen molar-refractivity contribution < 1.29 is 17.9 Å². The SMILES string of the molecule is CC(C)NS(=O)(=O)c1ccc(OCC(=O)NC(C)(C)C)cc1. The van der Waals surface area contributed by atoms with Gasteiger partial charge in [0.05, 0.1) is 4.90 Å². The highest BCUT2D eigenvalue weighted by Crippen LogP contribution is 2.16. The van der Waals surface area contributed by atoms with E-state index in [1.54, 1.807) is 13.8 Å². The van der Waals surface area contributed by atoms with Crippen LogP contribution < -0.4 is 14.8 Å². The summed E-state index contributed by atoms with van der Waals surface area (Å²) in [4.78, 5) is 11.8. The summed E-state index contributed by atoms with van der Waals surface area (Å²) < 4.78 is 31.8. The van der Waals surface area contributed by atoms with E-state index in [1.165, 1.54) is 24.3 Å². The number of rotatable bonds is 6. The summed E-state index contributed by atoms with van der Waals surface area (Å²) >= 11 is 0. The summed E-state index contributed by atoms with van der Waals surface area (Å²) in [6.07, 6.45) is 0. The van der Waals surface area contributed by atoms with Crippen LogP contribution in [0.3, 0.4) is 0 Å². The zero-order valence-corrected chi connectivity index (χ0v) is 14.5. The number of benzene rings is 1. The van der Waals surface area contributed by atoms with Crippen molar-refractivity contribution >= 4 is 15.9 Å². The molecule has 0 unspecified atom stereocenters. The van der Waals surface area contributed by atoms with Gasteiger partial charge in [0.15, 0.2) is 6.61 Å². The van der Waals surface area contributed by atoms with Crippen LogP contribution in [0.1, 0.15) is 34.6 Å². The van der Waals surface area contributed by atoms with Gasteiger partial charge in [-0.15, -0.1) is 0 Å². The Morgan fingerprint density at radius 3 is 2.18 bits per heavy atom. The maximum absolute atomic E-state index is 12.0. The molecule has 1 rings (SSSR count). The smallest absolute Gasteiger partial charge is 0.258 e. The molecule has 0 bridgehead atoms. The molecule has 0 fully saturated rings. The number of ether oxygens (including phenoxy) is 1. The standard InChI is InChI=1S/C15H24N2O4S/c1-11(2)17-22(19,20)13-8-6-12(7-9-13)21-10-14(18)16-15(3,4)5/h6-9,11,17H,10H2,1-5H3,(H,16,18). The zero-order chi connectivity index (χ0) is 17.0. The summed E-state index contributed by atoms with van der Waals surface area (Å²) in [6.45, 7) is 9.03. The Balaban J connectivity index is 2.65. The first-order valence-electron chi connectivity index (χ1n) is 7.06. The fourth-order valence-corrected chi connectivity index (χ4v) is 2.95. The van der Waals surface area contributed by atoms with E-state index in [0.717, 1.165) is 0 Å². The average Bonchev–Trinajstić information content (AvgIpc) is 2.33. The average molecular weight is 328 g/mol. The normalized spacial score (nSPS) is 12.3. The van der Waals surface area contributed by atoms with Crippen molar-refractivity contribution in [3.63, 3.8) is 0 Å². The van der Waals surface area contributed by atoms with Crippen LogP contribution in [0.5, 0.6) is 5.75 Å². The van der Waals surface area contributed by atoms with Crippen molar-refractivity contribution in [2.24, 2.45) is 0 Å². The van der Waals surface area contributed by atoms with Crippen molar-refractivity contribution in [1.82, 2.24) is 10.0 Å². The van der Waals surface area contributed by atoms with E-state index in [0.29, 0.717) is 5.75 Å². The summed E-state index contributed by atoms with van der Waals surface area (Å²) in [6, 6.07) is 5.77. The molecule has 0 aliphatic heterocycles. The van der Waals surface area contributed by atoms with Gasteiger partial charge in [-0.05, 0) is 58.9 Å². The van der Waals surface area contributed by atoms with Crippen LogP contribution in [0.25, 0.3) is 0 Å². The molecule has 2 N–H and O–H groups in total. The first-order chi connectivity index (χ1) is 9.99. The molecular weight excluding hydrogens is 304 g/mol. The van der Waals surface area contributed by atoms with Crippen LogP contribution in [0.4, 0.5) is 0 Å². The summed E-state index contributed by atoms with van der Waals surface area (Å²) in [7, 11) is -3.52. The Morgan fingerprint density at radius 2 is 1.73 bits per heavy atom. The third kappa shape index (κ3) is 6.44. The fraction of sp³-hybridized carbons (Fsp3) is 0.533. The Kier molecular flexibility index (Phi) is 5.96. The minimum Gasteiger partial charge on any atom is -0.484 e. The lowest BCUT2D eigenvalue weighted by Crippen LogP contribution is -2.43. The highest BCUT2D eigenvalue weighted by molar-refractivity contribution is 7.89. The molecule has 0 aliphatic rings. The Hall–Kier alpha value is -1.60. The molecule has 0 aliphatic carbocycles. The predicted octanol–water partition coefficient (Wildman–Crippen LogP) is 1.67. The van der Waals surface area contributed by atoms with Gasteiger partial charge in [0, 0.05) is 11.6 Å². The molecule has 6 nitrogen and oxygen atoms in total. The number of nitrogens with one attached hydrogen (secondary N) is 2. The topological polar surface area (TPSA) is 84.5 Å². The van der Waals surface area contributed by atoms with Crippen molar-refractivity contribution in [1.29, 1.82) is 0 Å². The van der Waals surface area contributed by atoms with E-state index in [2.05, 4.69) is 10.0 Å². The molecule has 0 aromatic heterocycles. The monoisotopic (exact) mass is 328 g/mol. The van der Waals surface area contributed by atoms with E-state index in [4.69, 9.17) is 4.74 Å². The van der Waals surface area contributed by atoms with Gasteiger partial charge in [-0.1, -0.05) is 0 Å². The second-order valence-electron chi connectivity index (χ2n) is 6.33. The van der Waals surface area contributed by atoms with E-state index in [1.807, 2.05) is 20.8 Å². The predicted molar refractivity (Wildman–Crippen MR) is 85.3 cm³/mol. The van der Waals surface area contributed by atoms with Gasteiger partial charge in [0.1, 0.15) is 5.75 Å². The molecule has 0 spiro atoms. The van der Waals surface area contributed by atoms with E-state index in [9.17, 15) is 13.2 Å². The van der Waals surface area contributed by atoms with Gasteiger partial charge in [-0.3, -0.25) is 4.79 Å². The Labute approximate surface area is 132 Å². The number of sulfonamides is 1. The second-order valence-corrected chi connectivity index (χ2v) is 8.05. The van der Waals surface area contributed by atoms with Crippen molar-refractivity contribution in [3.05, 3.63) is 24.3 Å².